The largest absolute Gasteiger partial charge is 0.375 e. The molecule has 1 aliphatic rings. The molecule has 1 aromatic rings. The van der Waals surface area contributed by atoms with Gasteiger partial charge in [-0.1, -0.05) is 13.0 Å². The number of nitrogens with one attached hydrogen (secondary N) is 1. The van der Waals surface area contributed by atoms with Crippen LogP contribution in [0, 0.1) is 5.82 Å². The van der Waals surface area contributed by atoms with Crippen molar-refractivity contribution >= 4 is 5.69 Å². The zero-order valence-corrected chi connectivity index (χ0v) is 12.7. The number of hydrogen-bond acceptors (Lipinski definition) is 3. The summed E-state index contributed by atoms with van der Waals surface area (Å²) in [6, 6.07) is 5.76. The van der Waals surface area contributed by atoms with E-state index in [1.54, 1.807) is 6.07 Å². The van der Waals surface area contributed by atoms with Gasteiger partial charge in [0.2, 0.25) is 0 Å². The van der Waals surface area contributed by atoms with Crippen LogP contribution in [0.5, 0.6) is 0 Å². The standard InChI is InChI=1S/C16H25FN2O/c1-4-7-18-9-14-5-6-16(15(17)8-14)19-10-13(3)20-11-12(19)2/h5-6,8,12-13,18H,4,7,9-11H2,1-3H3. The third-order valence-corrected chi connectivity index (χ3v) is 3.69. The molecule has 0 radical (unpaired) electrons. The fraction of sp³-hybridized carbons (Fsp3) is 0.625. The van der Waals surface area contributed by atoms with Gasteiger partial charge in [0.15, 0.2) is 0 Å². The SMILES string of the molecule is CCCNCc1ccc(N2CC(C)OCC2C)c(F)c1. The van der Waals surface area contributed by atoms with Gasteiger partial charge in [0.1, 0.15) is 5.82 Å². The van der Waals surface area contributed by atoms with Gasteiger partial charge in [-0.15, -0.1) is 0 Å². The molecular formula is C16H25FN2O. The van der Waals surface area contributed by atoms with E-state index in [2.05, 4.69) is 24.1 Å². The molecule has 112 valence electrons. The zero-order valence-electron chi connectivity index (χ0n) is 12.7. The molecule has 0 spiro atoms. The first-order valence-electron chi connectivity index (χ1n) is 7.49. The maximum Gasteiger partial charge on any atom is 0.146 e. The lowest BCUT2D eigenvalue weighted by Crippen LogP contribution is -2.47. The molecule has 1 aliphatic heterocycles. The van der Waals surface area contributed by atoms with Crippen LogP contribution in [0.2, 0.25) is 0 Å². The van der Waals surface area contributed by atoms with Crippen LogP contribution in [0.15, 0.2) is 18.2 Å². The fourth-order valence-electron chi connectivity index (χ4n) is 2.54. The maximum atomic E-state index is 14.3. The Kier molecular flexibility index (Phi) is 5.38. The molecule has 0 saturated carbocycles. The van der Waals surface area contributed by atoms with Crippen molar-refractivity contribution in [3.63, 3.8) is 0 Å². The van der Waals surface area contributed by atoms with Crippen molar-refractivity contribution in [1.29, 1.82) is 0 Å². The number of hydrogen-bond donors (Lipinski definition) is 1. The molecule has 1 aromatic carbocycles. The van der Waals surface area contributed by atoms with E-state index in [-0.39, 0.29) is 18.0 Å². The highest BCUT2D eigenvalue weighted by molar-refractivity contribution is 5.50. The summed E-state index contributed by atoms with van der Waals surface area (Å²) in [7, 11) is 0. The van der Waals surface area contributed by atoms with E-state index in [9.17, 15) is 4.39 Å². The number of nitrogens with zero attached hydrogens (tertiary/aromatic N) is 1. The Bertz CT molecular complexity index is 438. The van der Waals surface area contributed by atoms with Gasteiger partial charge in [0.05, 0.1) is 18.4 Å². The Morgan fingerprint density at radius 3 is 2.90 bits per heavy atom. The van der Waals surface area contributed by atoms with Crippen molar-refractivity contribution < 1.29 is 9.13 Å². The normalized spacial score (nSPS) is 23.1. The number of ether oxygens (including phenoxy) is 1. The predicted molar refractivity (Wildman–Crippen MR) is 80.6 cm³/mol. The molecule has 1 saturated heterocycles. The number of benzene rings is 1. The Morgan fingerprint density at radius 1 is 1.40 bits per heavy atom. The molecule has 2 atom stereocenters. The predicted octanol–water partition coefficient (Wildman–Crippen LogP) is 2.94. The fourth-order valence-corrected chi connectivity index (χ4v) is 2.54. The van der Waals surface area contributed by atoms with Crippen molar-refractivity contribution in [1.82, 2.24) is 5.32 Å². The van der Waals surface area contributed by atoms with Crippen LogP contribution in [0.3, 0.4) is 0 Å². The van der Waals surface area contributed by atoms with Crippen molar-refractivity contribution in [2.75, 3.05) is 24.6 Å². The molecule has 1 N–H and O–H groups in total. The molecule has 1 heterocycles. The van der Waals surface area contributed by atoms with Crippen molar-refractivity contribution in [3.8, 4) is 0 Å². The minimum Gasteiger partial charge on any atom is -0.375 e. The van der Waals surface area contributed by atoms with E-state index in [0.717, 1.165) is 31.6 Å². The second-order valence-corrected chi connectivity index (χ2v) is 5.61. The van der Waals surface area contributed by atoms with E-state index in [4.69, 9.17) is 4.74 Å². The van der Waals surface area contributed by atoms with Crippen LogP contribution in [-0.4, -0.2) is 31.8 Å². The summed E-state index contributed by atoms with van der Waals surface area (Å²) in [5, 5.41) is 3.29. The number of halogens is 1. The lowest BCUT2D eigenvalue weighted by atomic mass is 10.1. The first kappa shape index (κ1) is 15.3. The van der Waals surface area contributed by atoms with Gasteiger partial charge in [0.25, 0.3) is 0 Å². The average molecular weight is 280 g/mol. The molecule has 0 aromatic heterocycles. The summed E-state index contributed by atoms with van der Waals surface area (Å²) < 4.78 is 19.9. The molecule has 2 rings (SSSR count). The van der Waals surface area contributed by atoms with E-state index in [0.29, 0.717) is 12.3 Å². The molecule has 0 bridgehead atoms. The van der Waals surface area contributed by atoms with Crippen LogP contribution >= 0.6 is 0 Å². The minimum atomic E-state index is -0.137. The van der Waals surface area contributed by atoms with E-state index in [1.165, 1.54) is 0 Å². The van der Waals surface area contributed by atoms with E-state index in [1.807, 2.05) is 19.1 Å². The lowest BCUT2D eigenvalue weighted by molar-refractivity contribution is 0.0341. The van der Waals surface area contributed by atoms with E-state index < -0.39 is 0 Å². The van der Waals surface area contributed by atoms with Gasteiger partial charge < -0.3 is 15.0 Å². The summed E-state index contributed by atoms with van der Waals surface area (Å²) >= 11 is 0. The first-order chi connectivity index (χ1) is 9.61. The topological polar surface area (TPSA) is 24.5 Å². The monoisotopic (exact) mass is 280 g/mol. The van der Waals surface area contributed by atoms with Crippen molar-refractivity contribution in [2.45, 2.75) is 45.9 Å². The van der Waals surface area contributed by atoms with Gasteiger partial charge in [-0.3, -0.25) is 0 Å². The number of morpholine rings is 1. The van der Waals surface area contributed by atoms with Crippen LogP contribution in [-0.2, 0) is 11.3 Å². The molecular weight excluding hydrogens is 255 g/mol. The second kappa shape index (κ2) is 7.04. The van der Waals surface area contributed by atoms with Gasteiger partial charge in [0, 0.05) is 19.1 Å². The van der Waals surface area contributed by atoms with Crippen LogP contribution in [0.25, 0.3) is 0 Å². The van der Waals surface area contributed by atoms with Crippen molar-refractivity contribution in [3.05, 3.63) is 29.6 Å². The van der Waals surface area contributed by atoms with Crippen molar-refractivity contribution in [2.24, 2.45) is 0 Å². The zero-order chi connectivity index (χ0) is 14.5. The molecule has 0 aliphatic carbocycles. The molecule has 0 amide bonds. The number of anilines is 1. The summed E-state index contributed by atoms with van der Waals surface area (Å²) in [4.78, 5) is 2.10. The van der Waals surface area contributed by atoms with Gasteiger partial charge in [-0.05, 0) is 44.5 Å². The van der Waals surface area contributed by atoms with Gasteiger partial charge in [-0.2, -0.15) is 0 Å². The Morgan fingerprint density at radius 2 is 2.20 bits per heavy atom. The van der Waals surface area contributed by atoms with E-state index >= 15 is 0 Å². The lowest BCUT2D eigenvalue weighted by Gasteiger charge is -2.38. The van der Waals surface area contributed by atoms with Gasteiger partial charge in [-0.25, -0.2) is 4.39 Å². The summed E-state index contributed by atoms with van der Waals surface area (Å²) in [6.45, 7) is 9.30. The summed E-state index contributed by atoms with van der Waals surface area (Å²) in [6.07, 6.45) is 1.24. The maximum absolute atomic E-state index is 14.3. The van der Waals surface area contributed by atoms with Crippen LogP contribution in [0.1, 0.15) is 32.8 Å². The Hall–Kier alpha value is -1.13. The number of rotatable bonds is 5. The molecule has 20 heavy (non-hydrogen) atoms. The highest BCUT2D eigenvalue weighted by Gasteiger charge is 2.25. The smallest absolute Gasteiger partial charge is 0.146 e. The molecule has 1 fully saturated rings. The molecule has 3 nitrogen and oxygen atoms in total. The molecule has 4 heteroatoms. The first-order valence-corrected chi connectivity index (χ1v) is 7.49. The Balaban J connectivity index is 2.08. The average Bonchev–Trinajstić information content (AvgIpc) is 2.42. The summed E-state index contributed by atoms with van der Waals surface area (Å²) in [5.41, 5.74) is 1.68. The second-order valence-electron chi connectivity index (χ2n) is 5.61. The van der Waals surface area contributed by atoms with Gasteiger partial charge >= 0.3 is 0 Å². The third-order valence-electron chi connectivity index (χ3n) is 3.69. The summed E-state index contributed by atoms with van der Waals surface area (Å²) in [5.74, 6) is -0.137. The minimum absolute atomic E-state index is 0.137. The molecule has 2 unspecified atom stereocenters. The van der Waals surface area contributed by atoms with Crippen LogP contribution < -0.4 is 10.2 Å². The van der Waals surface area contributed by atoms with Crippen LogP contribution in [0.4, 0.5) is 10.1 Å². The highest BCUT2D eigenvalue weighted by Crippen LogP contribution is 2.25. The third kappa shape index (κ3) is 3.70. The highest BCUT2D eigenvalue weighted by atomic mass is 19.1. The Labute approximate surface area is 121 Å². The quantitative estimate of drug-likeness (QED) is 0.839.